The maximum absolute atomic E-state index is 10.9. The molecule has 94 valence electrons. The van der Waals surface area contributed by atoms with Gasteiger partial charge in [-0.25, -0.2) is 0 Å². The van der Waals surface area contributed by atoms with Crippen LogP contribution in [0.15, 0.2) is 0 Å². The van der Waals surface area contributed by atoms with Crippen LogP contribution >= 0.6 is 0 Å². The van der Waals surface area contributed by atoms with Gasteiger partial charge in [-0.05, 0) is 44.2 Å². The Morgan fingerprint density at radius 1 is 1.50 bits per heavy atom. The van der Waals surface area contributed by atoms with Crippen LogP contribution in [0.5, 0.6) is 0 Å². The van der Waals surface area contributed by atoms with Crippen molar-refractivity contribution in [2.45, 2.75) is 52.5 Å². The SMILES string of the molecule is CCN1CCC[C@H](CC(=O)O)[C@H]1CC(C)C. The summed E-state index contributed by atoms with van der Waals surface area (Å²) in [6.07, 6.45) is 3.71. The Morgan fingerprint density at radius 2 is 2.19 bits per heavy atom. The van der Waals surface area contributed by atoms with Gasteiger partial charge in [-0.2, -0.15) is 0 Å². The molecule has 0 spiro atoms. The molecule has 3 nitrogen and oxygen atoms in total. The highest BCUT2D eigenvalue weighted by Gasteiger charge is 2.32. The molecule has 1 aliphatic rings. The van der Waals surface area contributed by atoms with Crippen molar-refractivity contribution in [1.82, 2.24) is 4.90 Å². The lowest BCUT2D eigenvalue weighted by Crippen LogP contribution is -2.46. The minimum Gasteiger partial charge on any atom is -0.481 e. The van der Waals surface area contributed by atoms with E-state index in [1.165, 1.54) is 0 Å². The molecule has 1 aliphatic heterocycles. The van der Waals surface area contributed by atoms with Crippen molar-refractivity contribution in [3.05, 3.63) is 0 Å². The van der Waals surface area contributed by atoms with Crippen molar-refractivity contribution in [2.24, 2.45) is 11.8 Å². The molecule has 1 fully saturated rings. The van der Waals surface area contributed by atoms with E-state index in [1.807, 2.05) is 0 Å². The Labute approximate surface area is 98.8 Å². The van der Waals surface area contributed by atoms with Gasteiger partial charge < -0.3 is 10.0 Å². The van der Waals surface area contributed by atoms with Crippen molar-refractivity contribution in [2.75, 3.05) is 13.1 Å². The van der Waals surface area contributed by atoms with E-state index in [1.54, 1.807) is 0 Å². The van der Waals surface area contributed by atoms with E-state index in [0.29, 0.717) is 24.3 Å². The van der Waals surface area contributed by atoms with E-state index in [9.17, 15) is 4.79 Å². The third-order valence-corrected chi connectivity index (χ3v) is 3.59. The topological polar surface area (TPSA) is 40.5 Å². The van der Waals surface area contributed by atoms with Crippen LogP contribution in [0.2, 0.25) is 0 Å². The number of hydrogen-bond acceptors (Lipinski definition) is 2. The number of carboxylic acids is 1. The summed E-state index contributed by atoms with van der Waals surface area (Å²) < 4.78 is 0. The maximum Gasteiger partial charge on any atom is 0.303 e. The largest absolute Gasteiger partial charge is 0.481 e. The van der Waals surface area contributed by atoms with Gasteiger partial charge in [0.05, 0.1) is 0 Å². The molecule has 1 N–H and O–H groups in total. The second-order valence-corrected chi connectivity index (χ2v) is 5.33. The smallest absolute Gasteiger partial charge is 0.303 e. The monoisotopic (exact) mass is 227 g/mol. The Morgan fingerprint density at radius 3 is 2.69 bits per heavy atom. The fraction of sp³-hybridized carbons (Fsp3) is 0.923. The summed E-state index contributed by atoms with van der Waals surface area (Å²) in [5.41, 5.74) is 0. The van der Waals surface area contributed by atoms with Crippen molar-refractivity contribution in [3.8, 4) is 0 Å². The van der Waals surface area contributed by atoms with Gasteiger partial charge in [-0.3, -0.25) is 4.79 Å². The lowest BCUT2D eigenvalue weighted by Gasteiger charge is -2.41. The maximum atomic E-state index is 10.9. The Balaban J connectivity index is 2.66. The predicted octanol–water partition coefficient (Wildman–Crippen LogP) is 2.61. The summed E-state index contributed by atoms with van der Waals surface area (Å²) in [6, 6.07) is 0.481. The van der Waals surface area contributed by atoms with Crippen LogP contribution in [0.3, 0.4) is 0 Å². The van der Waals surface area contributed by atoms with Crippen LogP contribution in [0.1, 0.15) is 46.5 Å². The number of nitrogens with zero attached hydrogens (tertiary/aromatic N) is 1. The fourth-order valence-corrected chi connectivity index (χ4v) is 2.89. The molecular formula is C13H25NO2. The summed E-state index contributed by atoms with van der Waals surface area (Å²) in [4.78, 5) is 13.3. The first-order chi connectivity index (χ1) is 7.54. The fourth-order valence-electron chi connectivity index (χ4n) is 2.89. The zero-order valence-electron chi connectivity index (χ0n) is 10.8. The zero-order chi connectivity index (χ0) is 12.1. The van der Waals surface area contributed by atoms with Gasteiger partial charge >= 0.3 is 5.97 Å². The van der Waals surface area contributed by atoms with Gasteiger partial charge in [-0.15, -0.1) is 0 Å². The summed E-state index contributed by atoms with van der Waals surface area (Å²) in [5, 5.41) is 8.96. The van der Waals surface area contributed by atoms with E-state index in [4.69, 9.17) is 5.11 Å². The van der Waals surface area contributed by atoms with Gasteiger partial charge in [0.1, 0.15) is 0 Å². The normalized spacial score (nSPS) is 27.2. The molecular weight excluding hydrogens is 202 g/mol. The van der Waals surface area contributed by atoms with Gasteiger partial charge in [0.25, 0.3) is 0 Å². The van der Waals surface area contributed by atoms with E-state index < -0.39 is 5.97 Å². The summed E-state index contributed by atoms with van der Waals surface area (Å²) in [7, 11) is 0. The van der Waals surface area contributed by atoms with Crippen LogP contribution in [0.4, 0.5) is 0 Å². The number of hydrogen-bond donors (Lipinski definition) is 1. The molecule has 2 atom stereocenters. The van der Waals surface area contributed by atoms with Crippen LogP contribution in [0.25, 0.3) is 0 Å². The summed E-state index contributed by atoms with van der Waals surface area (Å²) >= 11 is 0. The molecule has 0 saturated carbocycles. The Hall–Kier alpha value is -0.570. The molecule has 0 bridgehead atoms. The van der Waals surface area contributed by atoms with Crippen LogP contribution in [-0.2, 0) is 4.79 Å². The average Bonchev–Trinajstić information content (AvgIpc) is 2.19. The Kier molecular flexibility index (Phi) is 5.26. The summed E-state index contributed by atoms with van der Waals surface area (Å²) in [5.74, 6) is 0.360. The van der Waals surface area contributed by atoms with Crippen LogP contribution < -0.4 is 0 Å². The van der Waals surface area contributed by atoms with Crippen LogP contribution in [0, 0.1) is 11.8 Å². The predicted molar refractivity (Wildman–Crippen MR) is 65.5 cm³/mol. The number of carbonyl (C=O) groups is 1. The van der Waals surface area contributed by atoms with E-state index in [-0.39, 0.29) is 0 Å². The molecule has 1 saturated heterocycles. The van der Waals surface area contributed by atoms with Crippen molar-refractivity contribution >= 4 is 5.97 Å². The van der Waals surface area contributed by atoms with Gasteiger partial charge in [0, 0.05) is 12.5 Å². The molecule has 1 heterocycles. The lowest BCUT2D eigenvalue weighted by molar-refractivity contribution is -0.139. The number of rotatable bonds is 5. The number of likely N-dealkylation sites (tertiary alicyclic amines) is 1. The number of piperidine rings is 1. The molecule has 0 aliphatic carbocycles. The second kappa shape index (κ2) is 6.24. The Bertz CT molecular complexity index is 228. The van der Waals surface area contributed by atoms with Crippen molar-refractivity contribution in [3.63, 3.8) is 0 Å². The van der Waals surface area contributed by atoms with E-state index >= 15 is 0 Å². The standard InChI is InChI=1S/C13H25NO2/c1-4-14-7-5-6-11(9-13(15)16)12(14)8-10(2)3/h10-12H,4-9H2,1-3H3,(H,15,16)/t11-,12-/m1/s1. The molecule has 0 aromatic carbocycles. The minimum absolute atomic E-state index is 0.341. The highest BCUT2D eigenvalue weighted by Crippen LogP contribution is 2.30. The quantitative estimate of drug-likeness (QED) is 0.785. The molecule has 0 aromatic heterocycles. The van der Waals surface area contributed by atoms with Gasteiger partial charge in [0.2, 0.25) is 0 Å². The second-order valence-electron chi connectivity index (χ2n) is 5.33. The first kappa shape index (κ1) is 13.5. The minimum atomic E-state index is -0.642. The highest BCUT2D eigenvalue weighted by molar-refractivity contribution is 5.67. The lowest BCUT2D eigenvalue weighted by atomic mass is 9.82. The van der Waals surface area contributed by atoms with E-state index in [2.05, 4.69) is 25.7 Å². The third-order valence-electron chi connectivity index (χ3n) is 3.59. The van der Waals surface area contributed by atoms with Crippen molar-refractivity contribution in [1.29, 1.82) is 0 Å². The zero-order valence-corrected chi connectivity index (χ0v) is 10.8. The molecule has 0 aromatic rings. The number of carboxylic acid groups (broad SMARTS) is 1. The molecule has 0 radical (unpaired) electrons. The molecule has 3 heteroatoms. The third kappa shape index (κ3) is 3.78. The average molecular weight is 227 g/mol. The van der Waals surface area contributed by atoms with Crippen LogP contribution in [-0.4, -0.2) is 35.1 Å². The molecule has 0 unspecified atom stereocenters. The number of aliphatic carboxylic acids is 1. The van der Waals surface area contributed by atoms with Gasteiger partial charge in [-0.1, -0.05) is 20.8 Å². The first-order valence-corrected chi connectivity index (χ1v) is 6.50. The van der Waals surface area contributed by atoms with E-state index in [0.717, 1.165) is 32.4 Å². The van der Waals surface area contributed by atoms with Gasteiger partial charge in [0.15, 0.2) is 0 Å². The van der Waals surface area contributed by atoms with Crippen molar-refractivity contribution < 1.29 is 9.90 Å². The summed E-state index contributed by atoms with van der Waals surface area (Å²) in [6.45, 7) is 8.81. The first-order valence-electron chi connectivity index (χ1n) is 6.50. The molecule has 16 heavy (non-hydrogen) atoms. The molecule has 0 amide bonds. The molecule has 1 rings (SSSR count). The highest BCUT2D eigenvalue weighted by atomic mass is 16.4.